The molecule has 0 bridgehead atoms. The van der Waals surface area contributed by atoms with Crippen molar-refractivity contribution in [3.63, 3.8) is 0 Å². The average molecular weight is 880 g/mol. The minimum Gasteiger partial charge on any atom is -0.457 e. The predicted molar refractivity (Wildman–Crippen MR) is 279 cm³/mol. The van der Waals surface area contributed by atoms with Gasteiger partial charge in [0.05, 0.1) is 10.8 Å². The zero-order chi connectivity index (χ0) is 45.3. The molecule has 11 aromatic rings. The molecule has 2 spiro atoms. The van der Waals surface area contributed by atoms with E-state index in [2.05, 4.69) is 254 Å². The van der Waals surface area contributed by atoms with Crippen LogP contribution in [0.1, 0.15) is 44.5 Å². The lowest BCUT2D eigenvalue weighted by atomic mass is 9.65. The maximum atomic E-state index is 6.82. The zero-order valence-electron chi connectivity index (χ0n) is 37.4. The van der Waals surface area contributed by atoms with Gasteiger partial charge in [-0.15, -0.1) is 0 Å². The van der Waals surface area contributed by atoms with E-state index in [0.717, 1.165) is 62.3 Å². The van der Waals surface area contributed by atoms with Crippen LogP contribution in [0.2, 0.25) is 0 Å². The Morgan fingerprint density at radius 2 is 0.696 bits per heavy atom. The van der Waals surface area contributed by atoms with E-state index in [1.807, 2.05) is 0 Å². The molecule has 2 heterocycles. The summed E-state index contributed by atoms with van der Waals surface area (Å²) in [5, 5.41) is 2.46. The lowest BCUT2D eigenvalue weighted by molar-refractivity contribution is 0.436. The molecular weight excluding hydrogens is 839 g/mol. The Labute approximate surface area is 400 Å². The van der Waals surface area contributed by atoms with Gasteiger partial charge in [-0.05, 0) is 127 Å². The first-order chi connectivity index (χ1) is 34.2. The Morgan fingerprint density at radius 3 is 1.30 bits per heavy atom. The van der Waals surface area contributed by atoms with Gasteiger partial charge in [-0.1, -0.05) is 188 Å². The summed E-state index contributed by atoms with van der Waals surface area (Å²) in [7, 11) is 0. The normalized spacial score (nSPS) is 14.3. The van der Waals surface area contributed by atoms with Crippen LogP contribution in [0.3, 0.4) is 0 Å². The fourth-order valence-corrected chi connectivity index (χ4v) is 12.7. The van der Waals surface area contributed by atoms with Crippen LogP contribution in [0.4, 0.5) is 17.1 Å². The minimum absolute atomic E-state index is 0.615. The van der Waals surface area contributed by atoms with E-state index in [9.17, 15) is 0 Å². The number of nitrogens with zero attached hydrogens (tertiary/aromatic N) is 1. The van der Waals surface area contributed by atoms with E-state index >= 15 is 0 Å². The molecule has 0 saturated carbocycles. The van der Waals surface area contributed by atoms with Gasteiger partial charge in [0.25, 0.3) is 0 Å². The maximum Gasteiger partial charge on any atom is 0.132 e. The van der Waals surface area contributed by atoms with Crippen molar-refractivity contribution in [2.24, 2.45) is 0 Å². The van der Waals surface area contributed by atoms with Crippen LogP contribution in [0.25, 0.3) is 44.2 Å². The standard InChI is InChI=1S/C66H41NO2/c1-2-16-42(17-3-1)43-30-33-45(34-31-43)67(46-35-38-50-49-20-6-7-21-53(49)65(58(50)40-46)54-22-8-12-26-60(54)68-61-27-13-9-23-55(61)65)47-36-39-51-52-37-32-44-18-4-5-19-48(44)64(52)66(59(51)41-47)56-24-10-14-28-62(56)69-63-29-15-11-25-57(63)66/h1-41H. The first kappa shape index (κ1) is 38.2. The van der Waals surface area contributed by atoms with Crippen molar-refractivity contribution < 1.29 is 9.47 Å². The van der Waals surface area contributed by atoms with Crippen molar-refractivity contribution in [3.05, 3.63) is 293 Å². The van der Waals surface area contributed by atoms with Gasteiger partial charge in [0.15, 0.2) is 0 Å². The summed E-state index contributed by atoms with van der Waals surface area (Å²) in [6.45, 7) is 0. The van der Waals surface area contributed by atoms with Crippen molar-refractivity contribution in [2.75, 3.05) is 4.90 Å². The summed E-state index contributed by atoms with van der Waals surface area (Å²) in [5.74, 6) is 3.51. The number of para-hydroxylation sites is 4. The maximum absolute atomic E-state index is 6.82. The molecule has 0 fully saturated rings. The Morgan fingerprint density at radius 1 is 0.275 bits per heavy atom. The van der Waals surface area contributed by atoms with Crippen molar-refractivity contribution in [2.45, 2.75) is 10.8 Å². The van der Waals surface area contributed by atoms with Crippen molar-refractivity contribution in [1.29, 1.82) is 0 Å². The van der Waals surface area contributed by atoms with Crippen LogP contribution in [-0.4, -0.2) is 0 Å². The molecule has 15 rings (SSSR count). The fourth-order valence-electron chi connectivity index (χ4n) is 12.7. The van der Waals surface area contributed by atoms with Crippen molar-refractivity contribution >= 4 is 27.8 Å². The SMILES string of the molecule is c1ccc(-c2ccc(N(c3ccc4c(c3)C3(c5ccccc5Oc5ccccc53)c3ccccc3-4)c3ccc4c(c3)C3(c5ccccc5Oc5ccccc53)c3c-4ccc4ccccc34)cc2)cc1. The molecule has 322 valence electrons. The third-order valence-electron chi connectivity index (χ3n) is 15.4. The molecule has 0 saturated heterocycles. The monoisotopic (exact) mass is 879 g/mol. The third-order valence-corrected chi connectivity index (χ3v) is 15.4. The minimum atomic E-state index is -0.672. The molecule has 0 atom stereocenters. The van der Waals surface area contributed by atoms with Crippen LogP contribution in [0.5, 0.6) is 23.0 Å². The molecule has 0 amide bonds. The van der Waals surface area contributed by atoms with Crippen molar-refractivity contribution in [3.8, 4) is 56.4 Å². The summed E-state index contributed by atoms with van der Waals surface area (Å²) in [4.78, 5) is 2.47. The average Bonchev–Trinajstić information content (AvgIpc) is 3.87. The third kappa shape index (κ3) is 5.11. The van der Waals surface area contributed by atoms with Gasteiger partial charge < -0.3 is 14.4 Å². The van der Waals surface area contributed by atoms with Gasteiger partial charge in [-0.2, -0.15) is 0 Å². The molecule has 69 heavy (non-hydrogen) atoms. The second-order valence-electron chi connectivity index (χ2n) is 18.7. The van der Waals surface area contributed by atoms with E-state index in [0.29, 0.717) is 0 Å². The highest BCUT2D eigenvalue weighted by Crippen LogP contribution is 2.65. The highest BCUT2D eigenvalue weighted by atomic mass is 16.5. The number of anilines is 3. The van der Waals surface area contributed by atoms with Crippen LogP contribution in [0.15, 0.2) is 249 Å². The Bertz CT molecular complexity index is 3830. The van der Waals surface area contributed by atoms with Crippen LogP contribution in [-0.2, 0) is 10.8 Å². The smallest absolute Gasteiger partial charge is 0.132 e. The predicted octanol–water partition coefficient (Wildman–Crippen LogP) is 16.9. The fraction of sp³-hybridized carbons (Fsp3) is 0.0303. The zero-order valence-corrected chi connectivity index (χ0v) is 37.4. The van der Waals surface area contributed by atoms with Gasteiger partial charge in [0, 0.05) is 39.3 Å². The lowest BCUT2D eigenvalue weighted by Crippen LogP contribution is -2.32. The molecule has 4 aliphatic rings. The first-order valence-corrected chi connectivity index (χ1v) is 23.8. The Kier molecular flexibility index (Phi) is 7.92. The molecule has 2 aliphatic carbocycles. The van der Waals surface area contributed by atoms with Gasteiger partial charge in [0.2, 0.25) is 0 Å². The summed E-state index contributed by atoms with van der Waals surface area (Å²) >= 11 is 0. The van der Waals surface area contributed by atoms with Crippen LogP contribution < -0.4 is 14.4 Å². The number of benzene rings is 11. The molecule has 0 aromatic heterocycles. The number of rotatable bonds is 4. The quantitative estimate of drug-likeness (QED) is 0.176. The van der Waals surface area contributed by atoms with Crippen LogP contribution in [0, 0.1) is 0 Å². The van der Waals surface area contributed by atoms with Gasteiger partial charge in [-0.3, -0.25) is 0 Å². The number of hydrogen-bond donors (Lipinski definition) is 0. The second-order valence-corrected chi connectivity index (χ2v) is 18.7. The van der Waals surface area contributed by atoms with E-state index in [-0.39, 0.29) is 0 Å². The molecule has 0 unspecified atom stereocenters. The highest BCUT2D eigenvalue weighted by molar-refractivity contribution is 6.02. The van der Waals surface area contributed by atoms with E-state index in [4.69, 9.17) is 9.47 Å². The number of ether oxygens (including phenoxy) is 2. The summed E-state index contributed by atoms with van der Waals surface area (Å²) in [5.41, 5.74) is 18.8. The molecule has 0 radical (unpaired) electrons. The summed E-state index contributed by atoms with van der Waals surface area (Å²) in [6.07, 6.45) is 0. The van der Waals surface area contributed by atoms with Gasteiger partial charge in [0.1, 0.15) is 23.0 Å². The number of fused-ring (bicyclic) bond motifs is 20. The topological polar surface area (TPSA) is 21.7 Å². The summed E-state index contributed by atoms with van der Waals surface area (Å²) in [6, 6.07) is 91.0. The lowest BCUT2D eigenvalue weighted by Gasteiger charge is -2.40. The molecule has 0 N–H and O–H groups in total. The van der Waals surface area contributed by atoms with Gasteiger partial charge in [-0.25, -0.2) is 0 Å². The van der Waals surface area contributed by atoms with Crippen molar-refractivity contribution in [1.82, 2.24) is 0 Å². The summed E-state index contributed by atoms with van der Waals surface area (Å²) < 4.78 is 13.6. The van der Waals surface area contributed by atoms with Gasteiger partial charge >= 0.3 is 0 Å². The molecule has 11 aromatic carbocycles. The molecule has 2 aliphatic heterocycles. The Hall–Kier alpha value is -8.92. The second kappa shape index (κ2) is 14.3. The largest absolute Gasteiger partial charge is 0.457 e. The molecule has 3 nitrogen and oxygen atoms in total. The van der Waals surface area contributed by atoms with E-state index < -0.39 is 10.8 Å². The van der Waals surface area contributed by atoms with E-state index in [1.165, 1.54) is 66.4 Å². The van der Waals surface area contributed by atoms with E-state index in [1.54, 1.807) is 0 Å². The Balaban J connectivity index is 1.02. The highest BCUT2D eigenvalue weighted by Gasteiger charge is 2.53. The molecular formula is C66H41NO2. The van der Waals surface area contributed by atoms with Crippen LogP contribution >= 0.6 is 0 Å². The number of hydrogen-bond acceptors (Lipinski definition) is 3. The first-order valence-electron chi connectivity index (χ1n) is 23.8. The molecule has 3 heteroatoms.